The van der Waals surface area contributed by atoms with Crippen molar-refractivity contribution in [1.29, 1.82) is 0 Å². The number of amides is 2. The van der Waals surface area contributed by atoms with E-state index in [0.29, 0.717) is 43.6 Å². The van der Waals surface area contributed by atoms with Gasteiger partial charge in [-0.15, -0.1) is 0 Å². The molecule has 1 aromatic carbocycles. The maximum absolute atomic E-state index is 12.8. The van der Waals surface area contributed by atoms with E-state index in [1.807, 2.05) is 36.1 Å². The van der Waals surface area contributed by atoms with Crippen molar-refractivity contribution in [3.8, 4) is 11.4 Å². The maximum Gasteiger partial charge on any atom is 0.322 e. The molecule has 2 saturated heterocycles. The van der Waals surface area contributed by atoms with Crippen LogP contribution in [-0.4, -0.2) is 53.3 Å². The Morgan fingerprint density at radius 2 is 2.00 bits per heavy atom. The molecule has 160 valence electrons. The summed E-state index contributed by atoms with van der Waals surface area (Å²) in [5.41, 5.74) is 3.54. The van der Waals surface area contributed by atoms with E-state index in [-0.39, 0.29) is 6.03 Å². The van der Waals surface area contributed by atoms with Gasteiger partial charge in [-0.2, -0.15) is 0 Å². The number of urea groups is 1. The molecule has 0 aliphatic carbocycles. The largest absolute Gasteiger partial charge is 0.382 e. The molecule has 2 fully saturated rings. The number of rotatable bonds is 7. The van der Waals surface area contributed by atoms with Crippen molar-refractivity contribution in [3.05, 3.63) is 41.7 Å². The molecule has 0 saturated carbocycles. The third-order valence-electron chi connectivity index (χ3n) is 6.04. The summed E-state index contributed by atoms with van der Waals surface area (Å²) in [5.74, 6) is 1.35. The van der Waals surface area contributed by atoms with Gasteiger partial charge in [0.15, 0.2) is 5.82 Å². The van der Waals surface area contributed by atoms with E-state index in [4.69, 9.17) is 9.47 Å². The predicted molar refractivity (Wildman–Crippen MR) is 115 cm³/mol. The van der Waals surface area contributed by atoms with Gasteiger partial charge in [-0.05, 0) is 55.9 Å². The molecule has 2 amide bonds. The number of carbonyl (C=O) groups excluding carboxylic acids is 1. The highest BCUT2D eigenvalue weighted by molar-refractivity contribution is 5.91. The minimum atomic E-state index is -0.000773. The third-order valence-corrected chi connectivity index (χ3v) is 6.04. The monoisotopic (exact) mass is 410 g/mol. The van der Waals surface area contributed by atoms with Crippen molar-refractivity contribution < 1.29 is 14.3 Å². The van der Waals surface area contributed by atoms with E-state index in [1.54, 1.807) is 13.3 Å². The number of benzene rings is 1. The second-order valence-electron chi connectivity index (χ2n) is 8.40. The minimum absolute atomic E-state index is 0.000773. The number of fused-ring (bicyclic) bond motifs is 2. The SMILES string of the molecule is COCCOCc1ccnc(-c2cc(NC(=O)N3C4CC(C)C[C@H]3C4)ccc2C)n1. The number of aromatic nitrogens is 2. The van der Waals surface area contributed by atoms with E-state index in [1.165, 1.54) is 0 Å². The lowest BCUT2D eigenvalue weighted by Gasteiger charge is -2.54. The highest BCUT2D eigenvalue weighted by Gasteiger charge is 2.46. The van der Waals surface area contributed by atoms with Gasteiger partial charge in [-0.1, -0.05) is 13.0 Å². The van der Waals surface area contributed by atoms with Gasteiger partial charge in [-0.3, -0.25) is 0 Å². The Bertz CT molecular complexity index is 892. The second-order valence-corrected chi connectivity index (χ2v) is 8.40. The number of methoxy groups -OCH3 is 1. The Labute approximate surface area is 177 Å². The molecule has 7 heteroatoms. The number of nitrogens with one attached hydrogen (secondary N) is 1. The molecule has 0 radical (unpaired) electrons. The summed E-state index contributed by atoms with van der Waals surface area (Å²) in [4.78, 5) is 23.9. The molecule has 30 heavy (non-hydrogen) atoms. The lowest BCUT2D eigenvalue weighted by atomic mass is 9.74. The van der Waals surface area contributed by atoms with Crippen LogP contribution in [0.25, 0.3) is 11.4 Å². The fourth-order valence-electron chi connectivity index (χ4n) is 4.53. The molecule has 2 aliphatic heterocycles. The summed E-state index contributed by atoms with van der Waals surface area (Å²) < 4.78 is 10.6. The number of aryl methyl sites for hydroxylation is 1. The first kappa shape index (κ1) is 20.8. The second kappa shape index (κ2) is 9.10. The fourth-order valence-corrected chi connectivity index (χ4v) is 4.53. The smallest absolute Gasteiger partial charge is 0.322 e. The van der Waals surface area contributed by atoms with Crippen LogP contribution in [0.5, 0.6) is 0 Å². The number of nitrogens with zero attached hydrogens (tertiary/aromatic N) is 3. The van der Waals surface area contributed by atoms with Crippen molar-refractivity contribution in [2.45, 2.75) is 51.8 Å². The Morgan fingerprint density at radius 1 is 1.20 bits per heavy atom. The zero-order valence-electron chi connectivity index (χ0n) is 17.9. The van der Waals surface area contributed by atoms with Gasteiger partial charge in [0.05, 0.1) is 25.5 Å². The lowest BCUT2D eigenvalue weighted by Crippen LogP contribution is -2.63. The highest BCUT2D eigenvalue weighted by atomic mass is 16.5. The third kappa shape index (κ3) is 4.47. The molecule has 1 N–H and O–H groups in total. The number of piperidine rings is 1. The summed E-state index contributed by atoms with van der Waals surface area (Å²) in [7, 11) is 1.65. The quantitative estimate of drug-likeness (QED) is 0.698. The van der Waals surface area contributed by atoms with E-state index in [2.05, 4.69) is 22.2 Å². The van der Waals surface area contributed by atoms with Crippen LogP contribution in [0.2, 0.25) is 0 Å². The average molecular weight is 411 g/mol. The Morgan fingerprint density at radius 3 is 2.77 bits per heavy atom. The molecule has 0 spiro atoms. The van der Waals surface area contributed by atoms with Gasteiger partial charge in [-0.25, -0.2) is 14.8 Å². The molecular weight excluding hydrogens is 380 g/mol. The van der Waals surface area contributed by atoms with Gasteiger partial charge in [0.2, 0.25) is 0 Å². The van der Waals surface area contributed by atoms with Crippen LogP contribution in [0, 0.1) is 12.8 Å². The normalized spacial score (nSPS) is 22.5. The number of carbonyl (C=O) groups is 1. The van der Waals surface area contributed by atoms with E-state index in [0.717, 1.165) is 41.8 Å². The van der Waals surface area contributed by atoms with Crippen LogP contribution < -0.4 is 5.32 Å². The first-order chi connectivity index (χ1) is 14.5. The lowest BCUT2D eigenvalue weighted by molar-refractivity contribution is -0.00600. The average Bonchev–Trinajstić information content (AvgIpc) is 2.72. The zero-order chi connectivity index (χ0) is 21.1. The summed E-state index contributed by atoms with van der Waals surface area (Å²) in [6, 6.07) is 8.52. The van der Waals surface area contributed by atoms with Crippen LogP contribution in [0.3, 0.4) is 0 Å². The van der Waals surface area contributed by atoms with Crippen molar-refractivity contribution in [2.75, 3.05) is 25.6 Å². The number of ether oxygens (including phenoxy) is 2. The van der Waals surface area contributed by atoms with Crippen molar-refractivity contribution in [1.82, 2.24) is 14.9 Å². The van der Waals surface area contributed by atoms with Gasteiger partial charge in [0.1, 0.15) is 0 Å². The van der Waals surface area contributed by atoms with Gasteiger partial charge >= 0.3 is 6.03 Å². The van der Waals surface area contributed by atoms with E-state index < -0.39 is 0 Å². The first-order valence-corrected chi connectivity index (χ1v) is 10.6. The molecule has 2 aliphatic rings. The van der Waals surface area contributed by atoms with Crippen LogP contribution in [0.15, 0.2) is 30.5 Å². The number of hydrogen-bond acceptors (Lipinski definition) is 5. The Balaban J connectivity index is 1.45. The van der Waals surface area contributed by atoms with Crippen molar-refractivity contribution >= 4 is 11.7 Å². The summed E-state index contributed by atoms with van der Waals surface area (Å²) in [6.07, 6.45) is 5.10. The minimum Gasteiger partial charge on any atom is -0.382 e. The van der Waals surface area contributed by atoms with Crippen LogP contribution in [0.1, 0.15) is 37.4 Å². The molecule has 4 rings (SSSR count). The number of hydrogen-bond donors (Lipinski definition) is 1. The summed E-state index contributed by atoms with van der Waals surface area (Å²) in [5, 5.41) is 3.08. The Kier molecular flexibility index (Phi) is 6.29. The molecule has 2 aromatic rings. The molecule has 2 bridgehead atoms. The molecule has 7 nitrogen and oxygen atoms in total. The Hall–Kier alpha value is -2.51. The molecule has 3 heterocycles. The zero-order valence-corrected chi connectivity index (χ0v) is 17.9. The van der Waals surface area contributed by atoms with Crippen LogP contribution in [0.4, 0.5) is 10.5 Å². The molecule has 2 unspecified atom stereocenters. The van der Waals surface area contributed by atoms with Gasteiger partial charge < -0.3 is 19.7 Å². The maximum atomic E-state index is 12.8. The summed E-state index contributed by atoms with van der Waals surface area (Å²) >= 11 is 0. The highest BCUT2D eigenvalue weighted by Crippen LogP contribution is 2.41. The molecule has 3 atom stereocenters. The first-order valence-electron chi connectivity index (χ1n) is 10.6. The molecular formula is C23H30N4O3. The van der Waals surface area contributed by atoms with Crippen LogP contribution in [-0.2, 0) is 16.1 Å². The topological polar surface area (TPSA) is 76.6 Å². The molecule has 1 aromatic heterocycles. The van der Waals surface area contributed by atoms with Gasteiger partial charge in [0, 0.05) is 36.6 Å². The van der Waals surface area contributed by atoms with Crippen molar-refractivity contribution in [2.24, 2.45) is 5.92 Å². The number of anilines is 1. The summed E-state index contributed by atoms with van der Waals surface area (Å²) in [6.45, 7) is 5.78. The predicted octanol–water partition coefficient (Wildman–Crippen LogP) is 4.02. The fraction of sp³-hybridized carbons (Fsp3) is 0.522. The van der Waals surface area contributed by atoms with Gasteiger partial charge in [0.25, 0.3) is 0 Å². The van der Waals surface area contributed by atoms with Crippen LogP contribution >= 0.6 is 0 Å². The van der Waals surface area contributed by atoms with E-state index in [9.17, 15) is 4.79 Å². The van der Waals surface area contributed by atoms with Crippen molar-refractivity contribution in [3.63, 3.8) is 0 Å². The standard InChI is InChI=1S/C23H30N4O3/c1-15-10-19-13-20(11-15)27(19)23(28)26-17-5-4-16(2)21(12-17)22-24-7-6-18(25-22)14-30-9-8-29-3/h4-7,12,15,19-20H,8-11,13-14H2,1-3H3,(H,26,28)/t15?,19-,20?/m0/s1. The van der Waals surface area contributed by atoms with E-state index >= 15 is 0 Å².